The lowest BCUT2D eigenvalue weighted by Crippen LogP contribution is -2.49. The molecule has 4 heteroatoms. The Balaban J connectivity index is 2.94. The van der Waals surface area contributed by atoms with Gasteiger partial charge in [-0.1, -0.05) is 31.5 Å². The predicted molar refractivity (Wildman–Crippen MR) is 80.7 cm³/mol. The van der Waals surface area contributed by atoms with Crippen molar-refractivity contribution in [1.82, 2.24) is 10.2 Å². The molecule has 0 aromatic heterocycles. The molecule has 1 aromatic carbocycles. The van der Waals surface area contributed by atoms with Crippen LogP contribution in [0.2, 0.25) is 0 Å². The molecule has 1 atom stereocenters. The molecule has 1 rings (SSSR count). The number of amides is 2. The number of carbonyl (C=O) groups excluding carboxylic acids is 2. The molecule has 20 heavy (non-hydrogen) atoms. The van der Waals surface area contributed by atoms with Crippen LogP contribution >= 0.6 is 0 Å². The summed E-state index contributed by atoms with van der Waals surface area (Å²) >= 11 is 0. The number of hydrogen-bond acceptors (Lipinski definition) is 2. The third kappa shape index (κ3) is 3.83. The minimum absolute atomic E-state index is 0.0413. The van der Waals surface area contributed by atoms with Gasteiger partial charge in [0, 0.05) is 19.7 Å². The first kappa shape index (κ1) is 16.2. The maximum atomic E-state index is 12.3. The second kappa shape index (κ2) is 6.55. The van der Waals surface area contributed by atoms with Crippen molar-refractivity contribution in [2.75, 3.05) is 14.1 Å². The van der Waals surface area contributed by atoms with Crippen LogP contribution in [0.15, 0.2) is 18.2 Å². The Labute approximate surface area is 121 Å². The maximum Gasteiger partial charge on any atom is 0.252 e. The van der Waals surface area contributed by atoms with E-state index >= 15 is 0 Å². The number of hydrogen-bond donors (Lipinski definition) is 1. The van der Waals surface area contributed by atoms with Gasteiger partial charge in [0.15, 0.2) is 0 Å². The Hall–Kier alpha value is -1.84. The molecular weight excluding hydrogens is 252 g/mol. The van der Waals surface area contributed by atoms with Gasteiger partial charge in [0.1, 0.15) is 6.04 Å². The molecule has 1 N–H and O–H groups in total. The summed E-state index contributed by atoms with van der Waals surface area (Å²) < 4.78 is 0. The molecule has 0 saturated heterocycles. The summed E-state index contributed by atoms with van der Waals surface area (Å²) in [5.74, 6) is -0.242. The molecule has 1 aromatic rings. The van der Waals surface area contributed by atoms with E-state index in [1.54, 1.807) is 20.2 Å². The normalized spacial score (nSPS) is 12.2. The monoisotopic (exact) mass is 276 g/mol. The van der Waals surface area contributed by atoms with Gasteiger partial charge in [0.2, 0.25) is 5.91 Å². The van der Waals surface area contributed by atoms with E-state index < -0.39 is 6.04 Å². The Morgan fingerprint density at radius 1 is 1.15 bits per heavy atom. The van der Waals surface area contributed by atoms with E-state index in [9.17, 15) is 9.59 Å². The summed E-state index contributed by atoms with van der Waals surface area (Å²) in [6.07, 6.45) is 0. The Bertz CT molecular complexity index is 507. The lowest BCUT2D eigenvalue weighted by molar-refractivity contribution is -0.131. The zero-order chi connectivity index (χ0) is 15.4. The smallest absolute Gasteiger partial charge is 0.252 e. The molecule has 2 amide bonds. The van der Waals surface area contributed by atoms with Crippen molar-refractivity contribution in [3.8, 4) is 0 Å². The first-order valence-electron chi connectivity index (χ1n) is 6.83. The molecule has 0 radical (unpaired) electrons. The van der Waals surface area contributed by atoms with Crippen LogP contribution < -0.4 is 5.32 Å². The molecule has 110 valence electrons. The van der Waals surface area contributed by atoms with Gasteiger partial charge < -0.3 is 10.2 Å². The third-order valence-corrected chi connectivity index (χ3v) is 3.29. The summed E-state index contributed by atoms with van der Waals surface area (Å²) in [5, 5.41) is 2.84. The fourth-order valence-corrected chi connectivity index (χ4v) is 2.08. The summed E-state index contributed by atoms with van der Waals surface area (Å²) in [7, 11) is 3.39. The van der Waals surface area contributed by atoms with E-state index in [0.29, 0.717) is 5.56 Å². The number of rotatable bonds is 4. The molecule has 0 bridgehead atoms. The lowest BCUT2D eigenvalue weighted by atomic mass is 10.0. The fourth-order valence-electron chi connectivity index (χ4n) is 2.08. The van der Waals surface area contributed by atoms with Gasteiger partial charge in [0.05, 0.1) is 0 Å². The van der Waals surface area contributed by atoms with Gasteiger partial charge in [-0.2, -0.15) is 0 Å². The van der Waals surface area contributed by atoms with Crippen LogP contribution in [0.4, 0.5) is 0 Å². The van der Waals surface area contributed by atoms with E-state index in [1.807, 2.05) is 39.8 Å². The van der Waals surface area contributed by atoms with Gasteiger partial charge in [0.25, 0.3) is 5.91 Å². The minimum atomic E-state index is -0.502. The standard InChI is InChI=1S/C16H24N2O2/c1-10(2)14(16(20)18(5)6)17-15(19)13-8-7-11(3)9-12(13)4/h7-10,14H,1-6H3,(H,17,19)/t14-/m1/s1. The molecule has 0 fully saturated rings. The highest BCUT2D eigenvalue weighted by Gasteiger charge is 2.26. The summed E-state index contributed by atoms with van der Waals surface area (Å²) in [4.78, 5) is 25.9. The highest BCUT2D eigenvalue weighted by Crippen LogP contribution is 2.12. The molecule has 0 spiro atoms. The van der Waals surface area contributed by atoms with Crippen molar-refractivity contribution in [2.45, 2.75) is 33.7 Å². The minimum Gasteiger partial charge on any atom is -0.347 e. The average molecular weight is 276 g/mol. The number of likely N-dealkylation sites (N-methyl/N-ethyl adjacent to an activating group) is 1. The summed E-state index contributed by atoms with van der Waals surface area (Å²) in [6.45, 7) is 7.74. The number of benzene rings is 1. The average Bonchev–Trinajstić information content (AvgIpc) is 2.34. The van der Waals surface area contributed by atoms with Gasteiger partial charge in [-0.15, -0.1) is 0 Å². The molecular formula is C16H24N2O2. The molecule has 0 aliphatic heterocycles. The first-order chi connectivity index (χ1) is 9.23. The van der Waals surface area contributed by atoms with Crippen molar-refractivity contribution in [3.05, 3.63) is 34.9 Å². The number of nitrogens with one attached hydrogen (secondary N) is 1. The van der Waals surface area contributed by atoms with Crippen LogP contribution in [0.25, 0.3) is 0 Å². The van der Waals surface area contributed by atoms with Crippen LogP contribution in [0.1, 0.15) is 35.3 Å². The second-order valence-electron chi connectivity index (χ2n) is 5.75. The fraction of sp³-hybridized carbons (Fsp3) is 0.500. The van der Waals surface area contributed by atoms with Crippen molar-refractivity contribution >= 4 is 11.8 Å². The van der Waals surface area contributed by atoms with Crippen LogP contribution in [0.5, 0.6) is 0 Å². The van der Waals surface area contributed by atoms with E-state index in [4.69, 9.17) is 0 Å². The zero-order valence-corrected chi connectivity index (χ0v) is 13.2. The third-order valence-electron chi connectivity index (χ3n) is 3.29. The Morgan fingerprint density at radius 3 is 2.20 bits per heavy atom. The summed E-state index contributed by atoms with van der Waals surface area (Å²) in [5.41, 5.74) is 2.65. The molecule has 0 aliphatic rings. The van der Waals surface area contributed by atoms with Crippen LogP contribution in [0, 0.1) is 19.8 Å². The highest BCUT2D eigenvalue weighted by molar-refractivity contribution is 5.98. The topological polar surface area (TPSA) is 49.4 Å². The zero-order valence-electron chi connectivity index (χ0n) is 13.2. The Kier molecular flexibility index (Phi) is 5.31. The molecule has 0 saturated carbocycles. The first-order valence-corrected chi connectivity index (χ1v) is 6.83. The van der Waals surface area contributed by atoms with Crippen molar-refractivity contribution in [2.24, 2.45) is 5.92 Å². The Morgan fingerprint density at radius 2 is 1.75 bits per heavy atom. The molecule has 0 heterocycles. The maximum absolute atomic E-state index is 12.3. The van der Waals surface area contributed by atoms with Crippen molar-refractivity contribution < 1.29 is 9.59 Å². The van der Waals surface area contributed by atoms with E-state index in [1.165, 1.54) is 4.90 Å². The van der Waals surface area contributed by atoms with Gasteiger partial charge >= 0.3 is 0 Å². The van der Waals surface area contributed by atoms with Gasteiger partial charge in [-0.3, -0.25) is 9.59 Å². The summed E-state index contributed by atoms with van der Waals surface area (Å²) in [6, 6.07) is 5.17. The van der Waals surface area contributed by atoms with Crippen molar-refractivity contribution in [3.63, 3.8) is 0 Å². The van der Waals surface area contributed by atoms with Crippen LogP contribution in [-0.2, 0) is 4.79 Å². The molecule has 4 nitrogen and oxygen atoms in total. The molecule has 0 unspecified atom stereocenters. The number of carbonyl (C=O) groups is 2. The van der Waals surface area contributed by atoms with Gasteiger partial charge in [-0.05, 0) is 31.4 Å². The van der Waals surface area contributed by atoms with E-state index in [2.05, 4.69) is 5.32 Å². The quantitative estimate of drug-likeness (QED) is 0.916. The van der Waals surface area contributed by atoms with Crippen LogP contribution in [0.3, 0.4) is 0 Å². The van der Waals surface area contributed by atoms with E-state index in [0.717, 1.165) is 11.1 Å². The number of aryl methyl sites for hydroxylation is 2. The molecule has 0 aliphatic carbocycles. The highest BCUT2D eigenvalue weighted by atomic mass is 16.2. The predicted octanol–water partition coefficient (Wildman–Crippen LogP) is 2.15. The lowest BCUT2D eigenvalue weighted by Gasteiger charge is -2.25. The van der Waals surface area contributed by atoms with E-state index in [-0.39, 0.29) is 17.7 Å². The SMILES string of the molecule is Cc1ccc(C(=O)N[C@@H](C(=O)N(C)C)C(C)C)c(C)c1. The largest absolute Gasteiger partial charge is 0.347 e. The van der Waals surface area contributed by atoms with Crippen LogP contribution in [-0.4, -0.2) is 36.9 Å². The van der Waals surface area contributed by atoms with Crippen molar-refractivity contribution in [1.29, 1.82) is 0 Å². The second-order valence-corrected chi connectivity index (χ2v) is 5.75. The number of nitrogens with zero attached hydrogens (tertiary/aromatic N) is 1. The van der Waals surface area contributed by atoms with Gasteiger partial charge in [-0.25, -0.2) is 0 Å².